The number of halogens is 1. The van der Waals surface area contributed by atoms with Crippen molar-refractivity contribution in [3.8, 4) is 0 Å². The molecule has 0 unspecified atom stereocenters. The molecule has 0 radical (unpaired) electrons. The molecule has 0 saturated carbocycles. The minimum absolute atomic E-state index is 0.0129. The molecule has 0 aliphatic carbocycles. The third-order valence-electron chi connectivity index (χ3n) is 4.26. The molecule has 2 N–H and O–H groups in total. The van der Waals surface area contributed by atoms with Crippen molar-refractivity contribution in [2.24, 2.45) is 0 Å². The number of aromatic nitrogens is 4. The molecule has 31 heavy (non-hydrogen) atoms. The lowest BCUT2D eigenvalue weighted by atomic mass is 10.2. The Balaban J connectivity index is 1.51. The lowest BCUT2D eigenvalue weighted by Crippen LogP contribution is -2.34. The van der Waals surface area contributed by atoms with E-state index in [1.54, 1.807) is 6.92 Å². The average Bonchev–Trinajstić information content (AvgIpc) is 3.29. The first kappa shape index (κ1) is 21.5. The van der Waals surface area contributed by atoms with Crippen LogP contribution >= 0.6 is 0 Å². The Morgan fingerprint density at radius 3 is 2.58 bits per heavy atom. The molecule has 12 nitrogen and oxygen atoms in total. The number of hydrogen-bond donors (Lipinski definition) is 2. The molecule has 162 valence electrons. The summed E-state index contributed by atoms with van der Waals surface area (Å²) < 4.78 is 19.4. The van der Waals surface area contributed by atoms with E-state index in [2.05, 4.69) is 25.9 Å². The fourth-order valence-corrected chi connectivity index (χ4v) is 2.81. The van der Waals surface area contributed by atoms with Crippen LogP contribution in [0.5, 0.6) is 0 Å². The van der Waals surface area contributed by atoms with Gasteiger partial charge in [-0.05, 0) is 32.0 Å². The van der Waals surface area contributed by atoms with Gasteiger partial charge in [0.2, 0.25) is 0 Å². The number of carbonyl (C=O) groups excluding carboxylic acids is 2. The van der Waals surface area contributed by atoms with E-state index in [-0.39, 0.29) is 48.3 Å². The van der Waals surface area contributed by atoms with Crippen molar-refractivity contribution in [1.82, 2.24) is 30.6 Å². The lowest BCUT2D eigenvalue weighted by molar-refractivity contribution is -0.386. The number of nitrogens with one attached hydrogen (secondary N) is 2. The summed E-state index contributed by atoms with van der Waals surface area (Å²) in [5, 5.41) is 23.9. The summed E-state index contributed by atoms with van der Waals surface area (Å²) in [6, 6.07) is 5.22. The van der Waals surface area contributed by atoms with Crippen molar-refractivity contribution in [3.05, 3.63) is 68.9 Å². The van der Waals surface area contributed by atoms with Gasteiger partial charge in [0.25, 0.3) is 5.91 Å². The first-order valence-electron chi connectivity index (χ1n) is 9.09. The van der Waals surface area contributed by atoms with Gasteiger partial charge in [-0.15, -0.1) is 0 Å². The Labute approximate surface area is 174 Å². The first-order chi connectivity index (χ1) is 14.8. The highest BCUT2D eigenvalue weighted by Gasteiger charge is 2.23. The van der Waals surface area contributed by atoms with E-state index in [0.29, 0.717) is 5.69 Å². The molecular formula is C18H18FN7O5. The van der Waals surface area contributed by atoms with Crippen LogP contribution in [0.1, 0.15) is 38.3 Å². The highest BCUT2D eigenvalue weighted by atomic mass is 19.1. The Hall–Kier alpha value is -4.16. The van der Waals surface area contributed by atoms with E-state index >= 15 is 0 Å². The van der Waals surface area contributed by atoms with Crippen molar-refractivity contribution < 1.29 is 23.4 Å². The standard InChI is InChI=1S/C18H18FN7O5/c1-10-15(26(29)30)11(2)25(23-10)9-14-22-18(31-24-14)17(28)21-7-6-20-16(27)12-4-3-5-13(19)8-12/h3-5,8H,6-7,9H2,1-2H3,(H,20,27)(H,21,28). The van der Waals surface area contributed by atoms with Crippen LogP contribution in [-0.2, 0) is 6.54 Å². The smallest absolute Gasteiger partial charge is 0.316 e. The quantitative estimate of drug-likeness (QED) is 0.305. The maximum atomic E-state index is 13.1. The number of nitro groups is 1. The molecule has 0 bridgehead atoms. The summed E-state index contributed by atoms with van der Waals surface area (Å²) >= 11 is 0. The van der Waals surface area contributed by atoms with Crippen molar-refractivity contribution in [2.45, 2.75) is 20.4 Å². The van der Waals surface area contributed by atoms with Gasteiger partial charge < -0.3 is 15.2 Å². The van der Waals surface area contributed by atoms with Crippen molar-refractivity contribution in [2.75, 3.05) is 13.1 Å². The number of rotatable bonds is 8. The van der Waals surface area contributed by atoms with Gasteiger partial charge in [-0.25, -0.2) is 4.39 Å². The zero-order valence-electron chi connectivity index (χ0n) is 16.6. The fraction of sp³-hybridized carbons (Fsp3) is 0.278. The molecule has 0 aliphatic heterocycles. The lowest BCUT2D eigenvalue weighted by Gasteiger charge is -2.05. The van der Waals surface area contributed by atoms with Gasteiger partial charge in [0.15, 0.2) is 5.82 Å². The number of carbonyl (C=O) groups is 2. The van der Waals surface area contributed by atoms with Gasteiger partial charge in [0.1, 0.15) is 23.7 Å². The Bertz CT molecular complexity index is 1140. The minimum Gasteiger partial charge on any atom is -0.350 e. The molecule has 2 amide bonds. The summed E-state index contributed by atoms with van der Waals surface area (Å²) in [4.78, 5) is 38.5. The normalized spacial score (nSPS) is 10.7. The summed E-state index contributed by atoms with van der Waals surface area (Å²) in [6.07, 6.45) is 0. The highest BCUT2D eigenvalue weighted by molar-refractivity contribution is 5.94. The zero-order chi connectivity index (χ0) is 22.5. The maximum Gasteiger partial charge on any atom is 0.316 e. The minimum atomic E-state index is -0.655. The predicted octanol–water partition coefficient (Wildman–Crippen LogP) is 1.14. The molecule has 13 heteroatoms. The molecule has 2 aromatic heterocycles. The average molecular weight is 431 g/mol. The molecule has 0 spiro atoms. The second kappa shape index (κ2) is 9.11. The highest BCUT2D eigenvalue weighted by Crippen LogP contribution is 2.22. The Morgan fingerprint density at radius 1 is 1.23 bits per heavy atom. The molecule has 0 atom stereocenters. The predicted molar refractivity (Wildman–Crippen MR) is 103 cm³/mol. The third kappa shape index (κ3) is 5.07. The van der Waals surface area contributed by atoms with Gasteiger partial charge in [0, 0.05) is 18.7 Å². The molecule has 1 aromatic carbocycles. The van der Waals surface area contributed by atoms with Gasteiger partial charge in [-0.2, -0.15) is 10.1 Å². The SMILES string of the molecule is Cc1nn(Cc2noc(C(=O)NCCNC(=O)c3cccc(F)c3)n2)c(C)c1[N+](=O)[O-]. The molecule has 3 rings (SSSR count). The van der Waals surface area contributed by atoms with Crippen LogP contribution in [0.4, 0.5) is 10.1 Å². The third-order valence-corrected chi connectivity index (χ3v) is 4.26. The monoisotopic (exact) mass is 431 g/mol. The van der Waals surface area contributed by atoms with E-state index in [1.807, 2.05) is 0 Å². The van der Waals surface area contributed by atoms with Crippen LogP contribution in [0.25, 0.3) is 0 Å². The van der Waals surface area contributed by atoms with Crippen LogP contribution in [0.15, 0.2) is 28.8 Å². The van der Waals surface area contributed by atoms with Crippen LogP contribution in [-0.4, -0.2) is 49.7 Å². The zero-order valence-corrected chi connectivity index (χ0v) is 16.6. The second-order valence-electron chi connectivity index (χ2n) is 6.47. The number of amides is 2. The van der Waals surface area contributed by atoms with Crippen LogP contribution in [0, 0.1) is 29.8 Å². The largest absolute Gasteiger partial charge is 0.350 e. The molecular weight excluding hydrogens is 413 g/mol. The fourth-order valence-electron chi connectivity index (χ4n) is 2.81. The van der Waals surface area contributed by atoms with Crippen molar-refractivity contribution in [1.29, 1.82) is 0 Å². The summed E-state index contributed by atoms with van der Waals surface area (Å²) in [6.45, 7) is 3.22. The molecule has 3 aromatic rings. The molecule has 0 fully saturated rings. The Kier molecular flexibility index (Phi) is 6.33. The number of hydrogen-bond acceptors (Lipinski definition) is 8. The van der Waals surface area contributed by atoms with E-state index < -0.39 is 22.6 Å². The van der Waals surface area contributed by atoms with Crippen LogP contribution < -0.4 is 10.6 Å². The van der Waals surface area contributed by atoms with Gasteiger partial charge in [0.05, 0.1) is 4.92 Å². The molecule has 2 heterocycles. The summed E-state index contributed by atoms with van der Waals surface area (Å²) in [7, 11) is 0. The van der Waals surface area contributed by atoms with Gasteiger partial charge in [-0.1, -0.05) is 11.2 Å². The first-order valence-corrected chi connectivity index (χ1v) is 9.09. The van der Waals surface area contributed by atoms with E-state index in [4.69, 9.17) is 4.52 Å². The van der Waals surface area contributed by atoms with Crippen LogP contribution in [0.2, 0.25) is 0 Å². The van der Waals surface area contributed by atoms with E-state index in [9.17, 15) is 24.1 Å². The van der Waals surface area contributed by atoms with Crippen molar-refractivity contribution in [3.63, 3.8) is 0 Å². The summed E-state index contributed by atoms with van der Waals surface area (Å²) in [5.74, 6) is -1.85. The molecule has 0 aliphatic rings. The summed E-state index contributed by atoms with van der Waals surface area (Å²) in [5.41, 5.74) is 0.649. The Morgan fingerprint density at radius 2 is 1.94 bits per heavy atom. The van der Waals surface area contributed by atoms with Crippen LogP contribution in [0.3, 0.4) is 0 Å². The van der Waals surface area contributed by atoms with Gasteiger partial charge >= 0.3 is 17.5 Å². The molecule has 0 saturated heterocycles. The van der Waals surface area contributed by atoms with Gasteiger partial charge in [-0.3, -0.25) is 24.4 Å². The second-order valence-corrected chi connectivity index (χ2v) is 6.47. The van der Waals surface area contributed by atoms with E-state index in [0.717, 1.165) is 6.07 Å². The number of aryl methyl sites for hydroxylation is 1. The number of benzene rings is 1. The topological polar surface area (TPSA) is 158 Å². The number of nitrogens with zero attached hydrogens (tertiary/aromatic N) is 5. The van der Waals surface area contributed by atoms with Crippen molar-refractivity contribution >= 4 is 17.5 Å². The van der Waals surface area contributed by atoms with E-state index in [1.165, 1.54) is 29.8 Å². The maximum absolute atomic E-state index is 13.1.